The fraction of sp³-hybridized carbons (Fsp3) is 0.0968. The largest absolute Gasteiger partial charge is 0.454 e. The van der Waals surface area contributed by atoms with Crippen LogP contribution in [0.3, 0.4) is 0 Å². The van der Waals surface area contributed by atoms with Gasteiger partial charge in [0.1, 0.15) is 5.76 Å². The minimum atomic E-state index is -0.0792. The molecule has 2 nitrogen and oxygen atoms in total. The first-order valence-electron chi connectivity index (χ1n) is 11.7. The Labute approximate surface area is 203 Å². The van der Waals surface area contributed by atoms with Gasteiger partial charge in [-0.05, 0) is 47.9 Å². The van der Waals surface area contributed by atoms with E-state index >= 15 is 0 Å². The zero-order valence-electron chi connectivity index (χ0n) is 18.5. The maximum absolute atomic E-state index is 6.79. The van der Waals surface area contributed by atoms with Crippen molar-refractivity contribution < 1.29 is 4.74 Å². The van der Waals surface area contributed by atoms with E-state index in [9.17, 15) is 0 Å². The summed E-state index contributed by atoms with van der Waals surface area (Å²) in [6.45, 7) is 0. The van der Waals surface area contributed by atoms with E-state index in [1.54, 1.807) is 0 Å². The molecule has 2 unspecified atom stereocenters. The summed E-state index contributed by atoms with van der Waals surface area (Å²) in [6, 6.07) is 27.0. The second-order valence-corrected chi connectivity index (χ2v) is 9.64. The van der Waals surface area contributed by atoms with Crippen molar-refractivity contribution in [2.75, 3.05) is 0 Å². The zero-order chi connectivity index (χ0) is 22.7. The number of aromatic nitrogens is 1. The fourth-order valence-electron chi connectivity index (χ4n) is 5.42. The van der Waals surface area contributed by atoms with Gasteiger partial charge in [-0.25, -0.2) is 0 Å². The maximum atomic E-state index is 6.79. The van der Waals surface area contributed by atoms with E-state index in [0.717, 1.165) is 56.2 Å². The molecule has 2 heterocycles. The third-order valence-electron chi connectivity index (χ3n) is 7.16. The summed E-state index contributed by atoms with van der Waals surface area (Å²) in [6.07, 6.45) is 14.5. The molecule has 7 rings (SSSR count). The number of benzene rings is 3. The van der Waals surface area contributed by atoms with Gasteiger partial charge in [-0.3, -0.25) is 0 Å². The number of rotatable bonds is 3. The number of halogens is 1. The first-order valence-corrected chi connectivity index (χ1v) is 12.0. The third kappa shape index (κ3) is 2.96. The van der Waals surface area contributed by atoms with Crippen molar-refractivity contribution in [2.24, 2.45) is 5.92 Å². The van der Waals surface area contributed by atoms with Crippen LogP contribution in [-0.4, -0.2) is 4.57 Å². The topological polar surface area (TPSA) is 14.2 Å². The third-order valence-corrected chi connectivity index (χ3v) is 7.39. The molecule has 0 spiro atoms. The molecule has 1 aromatic heterocycles. The number of fused-ring (bicyclic) bond motifs is 4. The minimum Gasteiger partial charge on any atom is -0.454 e. The molecule has 0 saturated heterocycles. The molecule has 3 aliphatic rings. The predicted molar refractivity (Wildman–Crippen MR) is 141 cm³/mol. The van der Waals surface area contributed by atoms with Crippen LogP contribution < -0.4 is 4.74 Å². The number of ether oxygens (including phenoxy) is 1. The Bertz CT molecular complexity index is 1560. The van der Waals surface area contributed by atoms with Crippen molar-refractivity contribution >= 4 is 39.9 Å². The molecule has 3 heteroatoms. The highest BCUT2D eigenvalue weighted by atomic mass is 35.5. The SMILES string of the molecule is Clc1ccc2c3c(n(C45C=CC=CC4C5)c2c1)C=C(c1ccccc1)C=C(c1ccccc1)O3. The molecular formula is C31H22ClNO. The lowest BCUT2D eigenvalue weighted by atomic mass is 10.0. The van der Waals surface area contributed by atoms with Crippen LogP contribution in [-0.2, 0) is 5.54 Å². The second-order valence-electron chi connectivity index (χ2n) is 9.20. The summed E-state index contributed by atoms with van der Waals surface area (Å²) in [5.74, 6) is 2.21. The summed E-state index contributed by atoms with van der Waals surface area (Å²) < 4.78 is 9.24. The zero-order valence-corrected chi connectivity index (χ0v) is 19.2. The summed E-state index contributed by atoms with van der Waals surface area (Å²) in [7, 11) is 0. The number of nitrogens with zero attached hydrogens (tertiary/aromatic N) is 1. The minimum absolute atomic E-state index is 0.0792. The van der Waals surface area contributed by atoms with Gasteiger partial charge in [0.05, 0.1) is 16.7 Å². The van der Waals surface area contributed by atoms with E-state index in [1.807, 2.05) is 24.3 Å². The molecule has 1 fully saturated rings. The van der Waals surface area contributed by atoms with E-state index in [-0.39, 0.29) is 5.54 Å². The lowest BCUT2D eigenvalue weighted by Gasteiger charge is -2.21. The van der Waals surface area contributed by atoms with Crippen LogP contribution in [0.25, 0.3) is 28.3 Å². The fourth-order valence-corrected chi connectivity index (χ4v) is 5.59. The molecule has 2 aliphatic carbocycles. The van der Waals surface area contributed by atoms with Crippen LogP contribution in [0.15, 0.2) is 109 Å². The lowest BCUT2D eigenvalue weighted by Crippen LogP contribution is -2.19. The monoisotopic (exact) mass is 459 g/mol. The Morgan fingerprint density at radius 1 is 0.853 bits per heavy atom. The van der Waals surface area contributed by atoms with Crippen LogP contribution in [0.2, 0.25) is 5.02 Å². The molecule has 34 heavy (non-hydrogen) atoms. The van der Waals surface area contributed by atoms with Gasteiger partial charge in [0.2, 0.25) is 0 Å². The van der Waals surface area contributed by atoms with Gasteiger partial charge < -0.3 is 9.30 Å². The van der Waals surface area contributed by atoms with Gasteiger partial charge in [-0.1, -0.05) is 96.6 Å². The van der Waals surface area contributed by atoms with Crippen molar-refractivity contribution in [1.82, 2.24) is 4.57 Å². The molecule has 2 atom stereocenters. The van der Waals surface area contributed by atoms with Crippen molar-refractivity contribution in [3.05, 3.63) is 131 Å². The van der Waals surface area contributed by atoms with E-state index in [0.29, 0.717) is 5.92 Å². The molecule has 0 N–H and O–H groups in total. The average Bonchev–Trinajstić information content (AvgIpc) is 3.59. The Morgan fingerprint density at radius 3 is 2.38 bits per heavy atom. The van der Waals surface area contributed by atoms with Gasteiger partial charge in [0.25, 0.3) is 0 Å². The Morgan fingerprint density at radius 2 is 1.62 bits per heavy atom. The Balaban J connectivity index is 1.54. The quantitative estimate of drug-likeness (QED) is 0.302. The molecule has 1 saturated carbocycles. The van der Waals surface area contributed by atoms with Crippen molar-refractivity contribution in [3.63, 3.8) is 0 Å². The van der Waals surface area contributed by atoms with Gasteiger partial charge in [-0.2, -0.15) is 0 Å². The summed E-state index contributed by atoms with van der Waals surface area (Å²) in [5.41, 5.74) is 5.45. The lowest BCUT2D eigenvalue weighted by molar-refractivity contribution is 0.507. The Hall–Kier alpha value is -3.75. The summed E-state index contributed by atoms with van der Waals surface area (Å²) in [4.78, 5) is 0. The first-order chi connectivity index (χ1) is 16.7. The predicted octanol–water partition coefficient (Wildman–Crippen LogP) is 8.11. The van der Waals surface area contributed by atoms with Crippen molar-refractivity contribution in [2.45, 2.75) is 12.0 Å². The molecule has 0 radical (unpaired) electrons. The Kier molecular flexibility index (Phi) is 4.27. The molecule has 4 aromatic rings. The highest BCUT2D eigenvalue weighted by Crippen LogP contribution is 2.58. The van der Waals surface area contributed by atoms with Crippen LogP contribution in [0.5, 0.6) is 5.75 Å². The molecule has 1 aliphatic heterocycles. The second kappa shape index (κ2) is 7.38. The van der Waals surface area contributed by atoms with E-state index in [1.165, 1.54) is 0 Å². The molecular weight excluding hydrogens is 438 g/mol. The van der Waals surface area contributed by atoms with Crippen molar-refractivity contribution in [1.29, 1.82) is 0 Å². The van der Waals surface area contributed by atoms with Crippen LogP contribution in [0, 0.1) is 5.92 Å². The molecule has 0 bridgehead atoms. The first kappa shape index (κ1) is 19.7. The van der Waals surface area contributed by atoms with Crippen LogP contribution in [0.4, 0.5) is 0 Å². The smallest absolute Gasteiger partial charge is 0.160 e. The summed E-state index contributed by atoms with van der Waals surface area (Å²) in [5, 5.41) is 1.81. The van der Waals surface area contributed by atoms with Gasteiger partial charge in [0, 0.05) is 21.9 Å². The van der Waals surface area contributed by atoms with Crippen molar-refractivity contribution in [3.8, 4) is 5.75 Å². The average molecular weight is 460 g/mol. The normalized spacial score (nSPS) is 22.3. The summed E-state index contributed by atoms with van der Waals surface area (Å²) >= 11 is 6.52. The standard InChI is InChI=1S/C31H22ClNO/c32-25-14-15-26-27(19-25)33(31-16-8-7-13-24(31)20-31)28-17-23(21-9-3-1-4-10-21)18-29(34-30(26)28)22-11-5-2-6-12-22/h1-19,24H,20H2. The van der Waals surface area contributed by atoms with Gasteiger partial charge in [-0.15, -0.1) is 0 Å². The van der Waals surface area contributed by atoms with Crippen LogP contribution >= 0.6 is 11.6 Å². The highest BCUT2D eigenvalue weighted by Gasteiger charge is 2.54. The number of hydrogen-bond donors (Lipinski definition) is 0. The highest BCUT2D eigenvalue weighted by molar-refractivity contribution is 6.31. The molecule has 0 amide bonds. The van der Waals surface area contributed by atoms with E-state index in [2.05, 4.69) is 95.6 Å². The molecule has 164 valence electrons. The van der Waals surface area contributed by atoms with E-state index in [4.69, 9.17) is 16.3 Å². The number of hydrogen-bond acceptors (Lipinski definition) is 1. The molecule has 3 aromatic carbocycles. The maximum Gasteiger partial charge on any atom is 0.160 e. The van der Waals surface area contributed by atoms with Gasteiger partial charge in [0.15, 0.2) is 5.75 Å². The van der Waals surface area contributed by atoms with Gasteiger partial charge >= 0.3 is 0 Å². The van der Waals surface area contributed by atoms with E-state index < -0.39 is 0 Å². The number of allylic oxidation sites excluding steroid dienone is 6. The van der Waals surface area contributed by atoms with Crippen LogP contribution in [0.1, 0.15) is 23.2 Å².